The quantitative estimate of drug-likeness (QED) is 0.799. The minimum absolute atomic E-state index is 0.318. The highest BCUT2D eigenvalue weighted by molar-refractivity contribution is 5.96. The Morgan fingerprint density at radius 1 is 1.05 bits per heavy atom. The lowest BCUT2D eigenvalue weighted by molar-refractivity contribution is 0.0697. The van der Waals surface area contributed by atoms with Crippen LogP contribution in [0.15, 0.2) is 48.5 Å². The van der Waals surface area contributed by atoms with Gasteiger partial charge in [0.1, 0.15) is 0 Å². The Labute approximate surface area is 117 Å². The fourth-order valence-corrected chi connectivity index (χ4v) is 2.56. The topological polar surface area (TPSA) is 61.4 Å². The molecule has 102 valence electrons. The number of hydrazine groups is 1. The van der Waals surface area contributed by atoms with Crippen molar-refractivity contribution in [3.8, 4) is 11.1 Å². The zero-order chi connectivity index (χ0) is 13.9. The first-order valence-corrected chi connectivity index (χ1v) is 6.64. The van der Waals surface area contributed by atoms with E-state index in [2.05, 4.69) is 10.9 Å². The van der Waals surface area contributed by atoms with Crippen LogP contribution in [0, 0.1) is 0 Å². The Balaban J connectivity index is 2.05. The fraction of sp³-hybridized carbons (Fsp3) is 0.188. The monoisotopic (exact) mass is 268 g/mol. The molecule has 1 saturated heterocycles. The molecule has 0 radical (unpaired) electrons. The van der Waals surface area contributed by atoms with E-state index < -0.39 is 5.97 Å². The minimum Gasteiger partial charge on any atom is -0.478 e. The van der Waals surface area contributed by atoms with Crippen LogP contribution in [-0.4, -0.2) is 24.2 Å². The van der Waals surface area contributed by atoms with E-state index in [0.717, 1.165) is 29.8 Å². The zero-order valence-corrected chi connectivity index (χ0v) is 11.0. The number of nitrogens with one attached hydrogen (secondary N) is 2. The van der Waals surface area contributed by atoms with Gasteiger partial charge in [-0.1, -0.05) is 42.5 Å². The van der Waals surface area contributed by atoms with Gasteiger partial charge in [-0.25, -0.2) is 4.79 Å². The molecule has 4 nitrogen and oxygen atoms in total. The van der Waals surface area contributed by atoms with Gasteiger partial charge in [0, 0.05) is 19.0 Å². The van der Waals surface area contributed by atoms with Crippen molar-refractivity contribution in [1.29, 1.82) is 0 Å². The third-order valence-corrected chi connectivity index (χ3v) is 3.65. The molecule has 1 aliphatic heterocycles. The standard InChI is InChI=1S/C16H16N2O2/c19-16(20)15-8-12(13-9-17-18-10-13)6-7-14(15)11-4-2-1-3-5-11/h1-8,13,17-18H,9-10H2,(H,19,20). The van der Waals surface area contributed by atoms with Gasteiger partial charge < -0.3 is 5.11 Å². The van der Waals surface area contributed by atoms with Crippen molar-refractivity contribution in [1.82, 2.24) is 10.9 Å². The number of rotatable bonds is 3. The van der Waals surface area contributed by atoms with Gasteiger partial charge in [0.05, 0.1) is 5.56 Å². The molecule has 0 bridgehead atoms. The second kappa shape index (κ2) is 5.45. The van der Waals surface area contributed by atoms with E-state index in [1.807, 2.05) is 42.5 Å². The summed E-state index contributed by atoms with van der Waals surface area (Å²) in [5, 5.41) is 9.46. The van der Waals surface area contributed by atoms with Crippen LogP contribution in [0.2, 0.25) is 0 Å². The summed E-state index contributed by atoms with van der Waals surface area (Å²) < 4.78 is 0. The van der Waals surface area contributed by atoms with E-state index in [9.17, 15) is 9.90 Å². The number of carbonyl (C=O) groups is 1. The molecule has 0 spiro atoms. The molecule has 20 heavy (non-hydrogen) atoms. The summed E-state index contributed by atoms with van der Waals surface area (Å²) in [6.07, 6.45) is 0. The Bertz CT molecular complexity index is 620. The Hall–Kier alpha value is -2.17. The highest BCUT2D eigenvalue weighted by atomic mass is 16.4. The van der Waals surface area contributed by atoms with Crippen molar-refractivity contribution in [3.63, 3.8) is 0 Å². The summed E-state index contributed by atoms with van der Waals surface area (Å²) in [7, 11) is 0. The summed E-state index contributed by atoms with van der Waals surface area (Å²) in [5.41, 5.74) is 9.25. The number of carboxylic acids is 1. The third kappa shape index (κ3) is 2.43. The molecule has 0 atom stereocenters. The fourth-order valence-electron chi connectivity index (χ4n) is 2.56. The van der Waals surface area contributed by atoms with Crippen molar-refractivity contribution in [3.05, 3.63) is 59.7 Å². The first-order chi connectivity index (χ1) is 9.75. The molecule has 0 aliphatic carbocycles. The van der Waals surface area contributed by atoms with Crippen LogP contribution in [0.5, 0.6) is 0 Å². The molecule has 1 aliphatic rings. The van der Waals surface area contributed by atoms with Crippen LogP contribution < -0.4 is 10.9 Å². The van der Waals surface area contributed by atoms with E-state index in [0.29, 0.717) is 11.5 Å². The summed E-state index contributed by atoms with van der Waals surface area (Å²) in [6, 6.07) is 15.3. The second-order valence-electron chi connectivity index (χ2n) is 4.93. The van der Waals surface area contributed by atoms with Gasteiger partial charge >= 0.3 is 5.97 Å². The van der Waals surface area contributed by atoms with Crippen molar-refractivity contribution in [2.75, 3.05) is 13.1 Å². The second-order valence-corrected chi connectivity index (χ2v) is 4.93. The van der Waals surface area contributed by atoms with Crippen molar-refractivity contribution < 1.29 is 9.90 Å². The molecule has 1 fully saturated rings. The van der Waals surface area contributed by atoms with Crippen LogP contribution in [0.25, 0.3) is 11.1 Å². The lowest BCUT2D eigenvalue weighted by Gasteiger charge is -2.12. The highest BCUT2D eigenvalue weighted by Crippen LogP contribution is 2.27. The van der Waals surface area contributed by atoms with Gasteiger partial charge in [-0.2, -0.15) is 0 Å². The van der Waals surface area contributed by atoms with Crippen LogP contribution in [0.4, 0.5) is 0 Å². The van der Waals surface area contributed by atoms with Crippen molar-refractivity contribution in [2.45, 2.75) is 5.92 Å². The van der Waals surface area contributed by atoms with Gasteiger partial charge in [0.25, 0.3) is 0 Å². The van der Waals surface area contributed by atoms with E-state index in [4.69, 9.17) is 0 Å². The predicted molar refractivity (Wildman–Crippen MR) is 77.6 cm³/mol. The largest absolute Gasteiger partial charge is 0.478 e. The molecule has 0 saturated carbocycles. The third-order valence-electron chi connectivity index (χ3n) is 3.65. The summed E-state index contributed by atoms with van der Waals surface area (Å²) in [4.78, 5) is 11.5. The van der Waals surface area contributed by atoms with E-state index >= 15 is 0 Å². The number of hydrogen-bond acceptors (Lipinski definition) is 3. The molecular weight excluding hydrogens is 252 g/mol. The lowest BCUT2D eigenvalue weighted by Crippen LogP contribution is -2.21. The average Bonchev–Trinajstić information content (AvgIpc) is 3.02. The Morgan fingerprint density at radius 2 is 1.75 bits per heavy atom. The number of benzene rings is 2. The zero-order valence-electron chi connectivity index (χ0n) is 11.0. The molecule has 2 aromatic carbocycles. The van der Waals surface area contributed by atoms with Gasteiger partial charge in [-0.05, 0) is 22.8 Å². The molecule has 0 amide bonds. The summed E-state index contributed by atoms with van der Waals surface area (Å²) in [5.74, 6) is -0.567. The first-order valence-electron chi connectivity index (χ1n) is 6.64. The Kier molecular flexibility index (Phi) is 3.50. The van der Waals surface area contributed by atoms with E-state index in [1.165, 1.54) is 0 Å². The van der Waals surface area contributed by atoms with E-state index in [-0.39, 0.29) is 0 Å². The number of hydrogen-bond donors (Lipinski definition) is 3. The number of carboxylic acid groups (broad SMARTS) is 1. The smallest absolute Gasteiger partial charge is 0.336 e. The molecule has 0 unspecified atom stereocenters. The van der Waals surface area contributed by atoms with Gasteiger partial charge in [-0.15, -0.1) is 0 Å². The molecule has 3 rings (SSSR count). The minimum atomic E-state index is -0.885. The molecule has 0 aromatic heterocycles. The first kappa shape index (κ1) is 12.8. The normalized spacial score (nSPS) is 15.4. The van der Waals surface area contributed by atoms with E-state index in [1.54, 1.807) is 6.07 Å². The molecular formula is C16H16N2O2. The van der Waals surface area contributed by atoms with Crippen molar-refractivity contribution in [2.24, 2.45) is 0 Å². The maximum Gasteiger partial charge on any atom is 0.336 e. The van der Waals surface area contributed by atoms with Gasteiger partial charge in [-0.3, -0.25) is 10.9 Å². The van der Waals surface area contributed by atoms with Crippen LogP contribution in [0.1, 0.15) is 21.8 Å². The lowest BCUT2D eigenvalue weighted by atomic mass is 9.92. The molecule has 4 heteroatoms. The summed E-state index contributed by atoms with van der Waals surface area (Å²) >= 11 is 0. The van der Waals surface area contributed by atoms with Crippen LogP contribution >= 0.6 is 0 Å². The average molecular weight is 268 g/mol. The van der Waals surface area contributed by atoms with Gasteiger partial charge in [0.2, 0.25) is 0 Å². The molecule has 3 N–H and O–H groups in total. The van der Waals surface area contributed by atoms with Crippen LogP contribution in [0.3, 0.4) is 0 Å². The molecule has 2 aromatic rings. The maximum absolute atomic E-state index is 11.5. The summed E-state index contributed by atoms with van der Waals surface area (Å²) in [6.45, 7) is 1.65. The van der Waals surface area contributed by atoms with Crippen molar-refractivity contribution >= 4 is 5.97 Å². The van der Waals surface area contributed by atoms with Gasteiger partial charge in [0.15, 0.2) is 0 Å². The molecule has 1 heterocycles. The van der Waals surface area contributed by atoms with Crippen LogP contribution in [-0.2, 0) is 0 Å². The predicted octanol–water partition coefficient (Wildman–Crippen LogP) is 2.24. The maximum atomic E-state index is 11.5. The number of aromatic carboxylic acids is 1. The Morgan fingerprint density at radius 3 is 2.40 bits per heavy atom. The SMILES string of the molecule is O=C(O)c1cc(C2CNNC2)ccc1-c1ccccc1. The highest BCUT2D eigenvalue weighted by Gasteiger charge is 2.19.